The van der Waals surface area contributed by atoms with Gasteiger partial charge in [0.15, 0.2) is 0 Å². The lowest BCUT2D eigenvalue weighted by Gasteiger charge is -2.13. The fourth-order valence-electron chi connectivity index (χ4n) is 3.14. The molecule has 0 fully saturated rings. The summed E-state index contributed by atoms with van der Waals surface area (Å²) in [5.74, 6) is 2.14. The zero-order chi connectivity index (χ0) is 19.7. The van der Waals surface area contributed by atoms with Crippen LogP contribution in [0.1, 0.15) is 4.88 Å². The molecule has 28 heavy (non-hydrogen) atoms. The first kappa shape index (κ1) is 18.5. The molecule has 7 heteroatoms. The number of halogens is 1. The molecule has 2 aromatic carbocycles. The molecule has 0 aliphatic heterocycles. The molecular formula is C21H18ClN3O2S. The highest BCUT2D eigenvalue weighted by atomic mass is 35.5. The molecule has 0 aliphatic rings. The van der Waals surface area contributed by atoms with Crippen LogP contribution in [0.2, 0.25) is 5.02 Å². The van der Waals surface area contributed by atoms with Gasteiger partial charge in [0.25, 0.3) is 0 Å². The molecule has 5 nitrogen and oxygen atoms in total. The van der Waals surface area contributed by atoms with Crippen molar-refractivity contribution in [2.75, 3.05) is 19.5 Å². The van der Waals surface area contributed by atoms with E-state index >= 15 is 0 Å². The van der Waals surface area contributed by atoms with Gasteiger partial charge in [0, 0.05) is 21.5 Å². The van der Waals surface area contributed by atoms with Crippen LogP contribution in [0.4, 0.5) is 11.5 Å². The highest BCUT2D eigenvalue weighted by Gasteiger charge is 2.18. The van der Waals surface area contributed by atoms with E-state index in [1.165, 1.54) is 4.88 Å². The van der Waals surface area contributed by atoms with Gasteiger partial charge in [-0.25, -0.2) is 9.97 Å². The monoisotopic (exact) mass is 411 g/mol. The summed E-state index contributed by atoms with van der Waals surface area (Å²) in [4.78, 5) is 11.1. The number of hydrogen-bond acceptors (Lipinski definition) is 6. The number of aromatic nitrogens is 2. The number of rotatable bonds is 5. The molecule has 4 aromatic rings. The molecule has 0 aliphatic carbocycles. The molecule has 0 unspecified atom stereocenters. The number of benzene rings is 2. The molecule has 0 radical (unpaired) electrons. The van der Waals surface area contributed by atoms with Gasteiger partial charge in [0.1, 0.15) is 28.5 Å². The van der Waals surface area contributed by atoms with E-state index in [-0.39, 0.29) is 0 Å². The van der Waals surface area contributed by atoms with Crippen molar-refractivity contribution in [1.29, 1.82) is 0 Å². The van der Waals surface area contributed by atoms with E-state index in [9.17, 15) is 0 Å². The molecule has 0 bridgehead atoms. The lowest BCUT2D eigenvalue weighted by molar-refractivity contribution is 0.405. The SMILES string of the molecule is COc1ccc(OC)c(Nc2ncnc3sc(C)c(-c4ccc(Cl)cc4)c23)c1. The number of thiophene rings is 1. The Morgan fingerprint density at radius 1 is 1.00 bits per heavy atom. The normalized spacial score (nSPS) is 10.9. The van der Waals surface area contributed by atoms with E-state index in [4.69, 9.17) is 21.1 Å². The van der Waals surface area contributed by atoms with Crippen molar-refractivity contribution in [3.05, 3.63) is 58.7 Å². The van der Waals surface area contributed by atoms with E-state index < -0.39 is 0 Å². The number of nitrogens with zero attached hydrogens (tertiary/aromatic N) is 2. The topological polar surface area (TPSA) is 56.3 Å². The smallest absolute Gasteiger partial charge is 0.143 e. The van der Waals surface area contributed by atoms with Gasteiger partial charge in [-0.05, 0) is 36.8 Å². The maximum atomic E-state index is 6.07. The second-order valence-corrected chi connectivity index (χ2v) is 7.77. The van der Waals surface area contributed by atoms with Gasteiger partial charge in [-0.3, -0.25) is 0 Å². The number of aryl methyl sites for hydroxylation is 1. The Labute approximate surface area is 171 Å². The summed E-state index contributed by atoms with van der Waals surface area (Å²) in [6.45, 7) is 2.09. The maximum absolute atomic E-state index is 6.07. The highest BCUT2D eigenvalue weighted by molar-refractivity contribution is 7.19. The van der Waals surface area contributed by atoms with Crippen molar-refractivity contribution in [1.82, 2.24) is 9.97 Å². The number of ether oxygens (including phenoxy) is 2. The van der Waals surface area contributed by atoms with Crippen LogP contribution in [0.5, 0.6) is 11.5 Å². The van der Waals surface area contributed by atoms with Gasteiger partial charge in [-0.1, -0.05) is 23.7 Å². The van der Waals surface area contributed by atoms with Gasteiger partial charge in [0.05, 0.1) is 25.3 Å². The molecule has 0 atom stereocenters. The van der Waals surface area contributed by atoms with Crippen molar-refractivity contribution < 1.29 is 9.47 Å². The second kappa shape index (κ2) is 7.66. The quantitative estimate of drug-likeness (QED) is 0.431. The summed E-state index contributed by atoms with van der Waals surface area (Å²) in [5, 5.41) is 5.08. The van der Waals surface area contributed by atoms with Crippen molar-refractivity contribution in [3.8, 4) is 22.6 Å². The van der Waals surface area contributed by atoms with E-state index in [1.807, 2.05) is 42.5 Å². The van der Waals surface area contributed by atoms with Gasteiger partial charge < -0.3 is 14.8 Å². The fourth-order valence-corrected chi connectivity index (χ4v) is 4.28. The van der Waals surface area contributed by atoms with E-state index in [1.54, 1.807) is 31.9 Å². The Morgan fingerprint density at radius 2 is 1.79 bits per heavy atom. The summed E-state index contributed by atoms with van der Waals surface area (Å²) in [7, 11) is 3.27. The molecule has 0 spiro atoms. The zero-order valence-electron chi connectivity index (χ0n) is 15.6. The third-order valence-electron chi connectivity index (χ3n) is 4.46. The zero-order valence-corrected chi connectivity index (χ0v) is 17.2. The van der Waals surface area contributed by atoms with Crippen molar-refractivity contribution in [3.63, 3.8) is 0 Å². The third-order valence-corrected chi connectivity index (χ3v) is 5.72. The molecule has 142 valence electrons. The number of anilines is 2. The fraction of sp³-hybridized carbons (Fsp3) is 0.143. The van der Waals surface area contributed by atoms with Crippen LogP contribution in [0.15, 0.2) is 48.8 Å². The molecule has 0 saturated carbocycles. The minimum atomic E-state index is 0.701. The van der Waals surface area contributed by atoms with Gasteiger partial charge in [0.2, 0.25) is 0 Å². The van der Waals surface area contributed by atoms with Crippen LogP contribution in [0, 0.1) is 6.92 Å². The van der Waals surface area contributed by atoms with Crippen LogP contribution < -0.4 is 14.8 Å². The minimum Gasteiger partial charge on any atom is -0.497 e. The predicted molar refractivity (Wildman–Crippen MR) is 115 cm³/mol. The van der Waals surface area contributed by atoms with Crippen LogP contribution in [-0.4, -0.2) is 24.2 Å². The van der Waals surface area contributed by atoms with Gasteiger partial charge >= 0.3 is 0 Å². The Bertz CT molecular complexity index is 1140. The molecule has 1 N–H and O–H groups in total. The maximum Gasteiger partial charge on any atom is 0.143 e. The Balaban J connectivity index is 1.88. The Morgan fingerprint density at radius 3 is 2.50 bits per heavy atom. The molecule has 0 saturated heterocycles. The molecule has 2 aromatic heterocycles. The van der Waals surface area contributed by atoms with Crippen molar-refractivity contribution in [2.45, 2.75) is 6.92 Å². The van der Waals surface area contributed by atoms with Crippen LogP contribution in [0.25, 0.3) is 21.3 Å². The van der Waals surface area contributed by atoms with Crippen molar-refractivity contribution >= 4 is 44.7 Å². The summed E-state index contributed by atoms with van der Waals surface area (Å²) in [6.07, 6.45) is 1.57. The van der Waals surface area contributed by atoms with Gasteiger partial charge in [-0.2, -0.15) is 0 Å². The Kier molecular flexibility index (Phi) is 5.07. The minimum absolute atomic E-state index is 0.701. The van der Waals surface area contributed by atoms with Crippen LogP contribution in [0.3, 0.4) is 0 Å². The van der Waals surface area contributed by atoms with E-state index in [0.29, 0.717) is 16.6 Å². The summed E-state index contributed by atoms with van der Waals surface area (Å²) < 4.78 is 10.8. The first-order valence-corrected chi connectivity index (χ1v) is 9.79. The third kappa shape index (κ3) is 3.37. The number of methoxy groups -OCH3 is 2. The predicted octanol–water partition coefficient (Wildman–Crippen LogP) is 6.08. The van der Waals surface area contributed by atoms with Crippen molar-refractivity contribution in [2.24, 2.45) is 0 Å². The summed E-state index contributed by atoms with van der Waals surface area (Å²) in [6, 6.07) is 13.4. The average molecular weight is 412 g/mol. The first-order chi connectivity index (χ1) is 13.6. The van der Waals surface area contributed by atoms with Crippen LogP contribution in [-0.2, 0) is 0 Å². The largest absolute Gasteiger partial charge is 0.497 e. The lowest BCUT2D eigenvalue weighted by Crippen LogP contribution is -1.99. The first-order valence-electron chi connectivity index (χ1n) is 8.59. The summed E-state index contributed by atoms with van der Waals surface area (Å²) in [5.41, 5.74) is 2.94. The number of hydrogen-bond donors (Lipinski definition) is 1. The highest BCUT2D eigenvalue weighted by Crippen LogP contribution is 2.42. The number of nitrogens with one attached hydrogen (secondary N) is 1. The number of fused-ring (bicyclic) bond motifs is 1. The molecule has 2 heterocycles. The van der Waals surface area contributed by atoms with E-state index in [0.717, 1.165) is 32.8 Å². The lowest BCUT2D eigenvalue weighted by atomic mass is 10.0. The van der Waals surface area contributed by atoms with Gasteiger partial charge in [-0.15, -0.1) is 11.3 Å². The summed E-state index contributed by atoms with van der Waals surface area (Å²) >= 11 is 7.71. The standard InChI is InChI=1S/C21H18ClN3O2S/c1-12-18(13-4-6-14(22)7-5-13)19-20(23-11-24-21(19)28-12)25-16-10-15(26-2)8-9-17(16)27-3/h4-11H,1-3H3,(H,23,24,25). The average Bonchev–Trinajstić information content (AvgIpc) is 3.05. The second-order valence-electron chi connectivity index (χ2n) is 6.13. The molecule has 4 rings (SSSR count). The molecule has 0 amide bonds. The Hall–Kier alpha value is -2.83. The molecular weight excluding hydrogens is 394 g/mol. The van der Waals surface area contributed by atoms with Crippen LogP contribution >= 0.6 is 22.9 Å². The van der Waals surface area contributed by atoms with E-state index in [2.05, 4.69) is 22.2 Å².